The molecular formula is C8H12ClFN2O2. The summed E-state index contributed by atoms with van der Waals surface area (Å²) < 4.78 is 12.5. The zero-order valence-corrected chi connectivity index (χ0v) is 8.63. The van der Waals surface area contributed by atoms with Gasteiger partial charge in [-0.25, -0.2) is 4.39 Å². The van der Waals surface area contributed by atoms with Crippen molar-refractivity contribution < 1.29 is 14.0 Å². The highest BCUT2D eigenvalue weighted by Crippen LogP contribution is 2.08. The van der Waals surface area contributed by atoms with Crippen LogP contribution in [0.15, 0.2) is 0 Å². The Balaban J connectivity index is 2.58. The fourth-order valence-corrected chi connectivity index (χ4v) is 1.43. The molecule has 1 fully saturated rings. The predicted octanol–water partition coefficient (Wildman–Crippen LogP) is 0.211. The third-order valence-corrected chi connectivity index (χ3v) is 2.41. The molecule has 0 aliphatic carbocycles. The number of carbonyl (C=O) groups excluding carboxylic acids is 2. The molecule has 4 nitrogen and oxygen atoms in total. The molecule has 0 saturated carbocycles. The Bertz CT molecular complexity index is 247. The Morgan fingerprint density at radius 2 is 2.14 bits per heavy atom. The van der Waals surface area contributed by atoms with Gasteiger partial charge in [-0.05, 0) is 0 Å². The molecule has 0 aromatic carbocycles. The van der Waals surface area contributed by atoms with Crippen LogP contribution in [0, 0.1) is 0 Å². The summed E-state index contributed by atoms with van der Waals surface area (Å²) in [4.78, 5) is 25.2. The van der Waals surface area contributed by atoms with Crippen molar-refractivity contribution in [3.63, 3.8) is 0 Å². The van der Waals surface area contributed by atoms with Crippen LogP contribution in [0.1, 0.15) is 6.42 Å². The number of rotatable bonds is 1. The molecule has 1 rings (SSSR count). The third-order valence-electron chi connectivity index (χ3n) is 2.23. The first-order chi connectivity index (χ1) is 6.52. The minimum absolute atomic E-state index is 0.0368. The number of nitrogens with zero attached hydrogens (tertiary/aromatic N) is 2. The smallest absolute Gasteiger partial charge is 0.272 e. The van der Waals surface area contributed by atoms with E-state index in [1.807, 2.05) is 0 Å². The van der Waals surface area contributed by atoms with E-state index in [0.29, 0.717) is 13.1 Å². The largest absolute Gasteiger partial charge is 0.344 e. The lowest BCUT2D eigenvalue weighted by Crippen LogP contribution is -2.37. The lowest BCUT2D eigenvalue weighted by atomic mass is 10.3. The van der Waals surface area contributed by atoms with Crippen molar-refractivity contribution in [2.75, 3.05) is 26.7 Å². The summed E-state index contributed by atoms with van der Waals surface area (Å²) in [5.41, 5.74) is -2.01. The first kappa shape index (κ1) is 11.2. The van der Waals surface area contributed by atoms with E-state index in [1.165, 1.54) is 9.80 Å². The van der Waals surface area contributed by atoms with Gasteiger partial charge >= 0.3 is 0 Å². The molecule has 0 N–H and O–H groups in total. The van der Waals surface area contributed by atoms with Crippen LogP contribution < -0.4 is 0 Å². The van der Waals surface area contributed by atoms with E-state index < -0.39 is 11.5 Å². The third kappa shape index (κ3) is 2.57. The standard InChI is InChI=1S/C8H12ClFN2O2/c1-11-4-5-12(3-2-6(11)13)8(14)7(9)10/h7H,2-5H2,1H3. The summed E-state index contributed by atoms with van der Waals surface area (Å²) in [6, 6.07) is 0. The first-order valence-electron chi connectivity index (χ1n) is 4.33. The molecule has 14 heavy (non-hydrogen) atoms. The van der Waals surface area contributed by atoms with Crippen LogP contribution in [0.5, 0.6) is 0 Å². The van der Waals surface area contributed by atoms with Gasteiger partial charge in [-0.3, -0.25) is 9.59 Å². The predicted molar refractivity (Wildman–Crippen MR) is 49.6 cm³/mol. The zero-order valence-electron chi connectivity index (χ0n) is 7.87. The number of likely N-dealkylation sites (N-methyl/N-ethyl adjacent to an activating group) is 1. The molecule has 0 aromatic heterocycles. The van der Waals surface area contributed by atoms with Gasteiger partial charge in [0.15, 0.2) is 0 Å². The topological polar surface area (TPSA) is 40.6 Å². The fourth-order valence-electron chi connectivity index (χ4n) is 1.29. The summed E-state index contributed by atoms with van der Waals surface area (Å²) in [6.45, 7) is 1.01. The zero-order chi connectivity index (χ0) is 10.7. The van der Waals surface area contributed by atoms with Gasteiger partial charge in [0, 0.05) is 33.1 Å². The molecule has 6 heteroatoms. The molecule has 1 aliphatic rings. The summed E-state index contributed by atoms with van der Waals surface area (Å²) in [7, 11) is 1.66. The molecule has 1 unspecified atom stereocenters. The maximum Gasteiger partial charge on any atom is 0.272 e. The summed E-state index contributed by atoms with van der Waals surface area (Å²) in [6.07, 6.45) is 0.228. The van der Waals surface area contributed by atoms with E-state index >= 15 is 0 Å². The highest BCUT2D eigenvalue weighted by atomic mass is 35.5. The van der Waals surface area contributed by atoms with Crippen LogP contribution in [-0.2, 0) is 9.59 Å². The highest BCUT2D eigenvalue weighted by molar-refractivity contribution is 6.29. The number of hydrogen-bond acceptors (Lipinski definition) is 2. The van der Waals surface area contributed by atoms with Crippen LogP contribution in [0.3, 0.4) is 0 Å². The van der Waals surface area contributed by atoms with Gasteiger partial charge in [-0.1, -0.05) is 11.6 Å². The molecule has 80 valence electrons. The summed E-state index contributed by atoms with van der Waals surface area (Å²) in [5.74, 6) is -0.792. The molecular weight excluding hydrogens is 211 g/mol. The molecule has 1 heterocycles. The van der Waals surface area contributed by atoms with Crippen LogP contribution in [-0.4, -0.2) is 53.9 Å². The molecule has 0 aromatic rings. The van der Waals surface area contributed by atoms with Crippen molar-refractivity contribution in [2.45, 2.75) is 12.1 Å². The van der Waals surface area contributed by atoms with Gasteiger partial charge in [-0.15, -0.1) is 0 Å². The first-order valence-corrected chi connectivity index (χ1v) is 4.77. The average Bonchev–Trinajstić information content (AvgIpc) is 2.30. The Hall–Kier alpha value is -0.840. The highest BCUT2D eigenvalue weighted by Gasteiger charge is 2.25. The fraction of sp³-hybridized carbons (Fsp3) is 0.750. The van der Waals surface area contributed by atoms with Gasteiger partial charge in [0.1, 0.15) is 0 Å². The second-order valence-corrected chi connectivity index (χ2v) is 3.57. The van der Waals surface area contributed by atoms with E-state index in [4.69, 9.17) is 11.6 Å². The number of halogens is 2. The Kier molecular flexibility index (Phi) is 3.69. The second-order valence-electron chi connectivity index (χ2n) is 3.19. The van der Waals surface area contributed by atoms with Gasteiger partial charge < -0.3 is 9.80 Å². The van der Waals surface area contributed by atoms with E-state index in [9.17, 15) is 14.0 Å². The summed E-state index contributed by atoms with van der Waals surface area (Å²) in [5, 5.41) is 0. The van der Waals surface area contributed by atoms with Gasteiger partial charge in [0.2, 0.25) is 5.91 Å². The number of amides is 2. The van der Waals surface area contributed by atoms with Crippen LogP contribution >= 0.6 is 11.6 Å². The number of hydrogen-bond donors (Lipinski definition) is 0. The maximum atomic E-state index is 12.5. The van der Waals surface area contributed by atoms with E-state index in [-0.39, 0.29) is 18.9 Å². The van der Waals surface area contributed by atoms with Crippen LogP contribution in [0.25, 0.3) is 0 Å². The van der Waals surface area contributed by atoms with Gasteiger partial charge in [0.05, 0.1) is 0 Å². The molecule has 0 bridgehead atoms. The second kappa shape index (κ2) is 4.59. The quantitative estimate of drug-likeness (QED) is 0.596. The van der Waals surface area contributed by atoms with Crippen LogP contribution in [0.4, 0.5) is 4.39 Å². The van der Waals surface area contributed by atoms with Crippen molar-refractivity contribution >= 4 is 23.4 Å². The van der Waals surface area contributed by atoms with Gasteiger partial charge in [0.25, 0.3) is 11.5 Å². The average molecular weight is 223 g/mol. The maximum absolute atomic E-state index is 12.5. The summed E-state index contributed by atoms with van der Waals surface area (Å²) >= 11 is 5.03. The van der Waals surface area contributed by atoms with Crippen LogP contribution in [0.2, 0.25) is 0 Å². The molecule has 0 radical (unpaired) electrons. The molecule has 2 amide bonds. The van der Waals surface area contributed by atoms with Crippen molar-refractivity contribution in [3.8, 4) is 0 Å². The Morgan fingerprint density at radius 1 is 1.50 bits per heavy atom. The SMILES string of the molecule is CN1CCN(C(=O)C(F)Cl)CCC1=O. The van der Waals surface area contributed by atoms with E-state index in [2.05, 4.69) is 0 Å². The molecule has 1 saturated heterocycles. The van der Waals surface area contributed by atoms with Gasteiger partial charge in [-0.2, -0.15) is 0 Å². The number of alkyl halides is 2. The minimum Gasteiger partial charge on any atom is -0.344 e. The van der Waals surface area contributed by atoms with Crippen molar-refractivity contribution in [1.29, 1.82) is 0 Å². The molecule has 1 atom stereocenters. The van der Waals surface area contributed by atoms with E-state index in [1.54, 1.807) is 7.05 Å². The Labute approximate surface area is 86.6 Å². The van der Waals surface area contributed by atoms with Crippen molar-refractivity contribution in [2.24, 2.45) is 0 Å². The van der Waals surface area contributed by atoms with E-state index in [0.717, 1.165) is 0 Å². The lowest BCUT2D eigenvalue weighted by Gasteiger charge is -2.19. The monoisotopic (exact) mass is 222 g/mol. The normalized spacial score (nSPS) is 20.6. The molecule has 0 spiro atoms. The van der Waals surface area contributed by atoms with Crippen molar-refractivity contribution in [1.82, 2.24) is 9.80 Å². The molecule has 1 aliphatic heterocycles. The lowest BCUT2D eigenvalue weighted by molar-refractivity contribution is -0.133. The minimum atomic E-state index is -2.01. The Morgan fingerprint density at radius 3 is 2.71 bits per heavy atom. The van der Waals surface area contributed by atoms with Crippen molar-refractivity contribution in [3.05, 3.63) is 0 Å². The number of carbonyl (C=O) groups is 2.